The van der Waals surface area contributed by atoms with E-state index in [1.54, 1.807) is 6.07 Å². The van der Waals surface area contributed by atoms with Gasteiger partial charge in [0.25, 0.3) is 0 Å². The maximum Gasteiger partial charge on any atom is 0.120 e. The molecule has 1 aliphatic carbocycles. The van der Waals surface area contributed by atoms with Crippen molar-refractivity contribution in [3.8, 4) is 5.75 Å². The van der Waals surface area contributed by atoms with Gasteiger partial charge in [-0.25, -0.2) is 0 Å². The minimum atomic E-state index is -0.280. The number of benzene rings is 1. The predicted molar refractivity (Wildman–Crippen MR) is 57.2 cm³/mol. The summed E-state index contributed by atoms with van der Waals surface area (Å²) in [7, 11) is 0. The zero-order valence-electron chi connectivity index (χ0n) is 8.59. The van der Waals surface area contributed by atoms with E-state index >= 15 is 0 Å². The second-order valence-electron chi connectivity index (χ2n) is 4.38. The van der Waals surface area contributed by atoms with Crippen LogP contribution in [0.2, 0.25) is 0 Å². The molecule has 0 amide bonds. The van der Waals surface area contributed by atoms with E-state index in [1.807, 2.05) is 19.1 Å². The molecule has 1 aromatic rings. The standard InChI is InChI=1S/C12H17NO/c1-9-4-5-10(11(14)8-9)12(13)6-2-3-7-12/h4-5,8,14H,2-3,6-7,13H2,1H3. The SMILES string of the molecule is Cc1ccc(C2(N)CCCC2)c(O)c1. The summed E-state index contributed by atoms with van der Waals surface area (Å²) >= 11 is 0. The van der Waals surface area contributed by atoms with E-state index in [9.17, 15) is 5.11 Å². The molecule has 2 rings (SSSR count). The average Bonchev–Trinajstić information content (AvgIpc) is 2.52. The molecule has 2 nitrogen and oxygen atoms in total. The number of aryl methyl sites for hydroxylation is 1. The molecule has 1 aromatic carbocycles. The van der Waals surface area contributed by atoms with Crippen molar-refractivity contribution in [2.75, 3.05) is 0 Å². The molecule has 1 fully saturated rings. The van der Waals surface area contributed by atoms with Crippen molar-refractivity contribution in [3.05, 3.63) is 29.3 Å². The smallest absolute Gasteiger partial charge is 0.120 e. The number of phenolic OH excluding ortho intramolecular Hbond substituents is 1. The van der Waals surface area contributed by atoms with Crippen molar-refractivity contribution in [3.63, 3.8) is 0 Å². The summed E-state index contributed by atoms with van der Waals surface area (Å²) in [6, 6.07) is 5.78. The van der Waals surface area contributed by atoms with Gasteiger partial charge >= 0.3 is 0 Å². The lowest BCUT2D eigenvalue weighted by atomic mass is 9.88. The lowest BCUT2D eigenvalue weighted by Gasteiger charge is -2.25. The molecular formula is C12H17NO. The first-order valence-corrected chi connectivity index (χ1v) is 5.21. The van der Waals surface area contributed by atoms with Crippen molar-refractivity contribution in [2.45, 2.75) is 38.1 Å². The van der Waals surface area contributed by atoms with Gasteiger partial charge in [0.05, 0.1) is 0 Å². The Balaban J connectivity index is 2.40. The molecule has 76 valence electrons. The van der Waals surface area contributed by atoms with Gasteiger partial charge in [-0.2, -0.15) is 0 Å². The Kier molecular flexibility index (Phi) is 2.23. The lowest BCUT2D eigenvalue weighted by Crippen LogP contribution is -2.33. The molecular weight excluding hydrogens is 174 g/mol. The Labute approximate surface area is 84.7 Å². The summed E-state index contributed by atoms with van der Waals surface area (Å²) in [6.45, 7) is 1.97. The van der Waals surface area contributed by atoms with Crippen LogP contribution in [0.3, 0.4) is 0 Å². The molecule has 0 spiro atoms. The molecule has 1 aliphatic rings. The molecule has 0 radical (unpaired) electrons. The monoisotopic (exact) mass is 191 g/mol. The molecule has 0 aliphatic heterocycles. The molecule has 3 N–H and O–H groups in total. The first-order valence-electron chi connectivity index (χ1n) is 5.21. The maximum atomic E-state index is 9.84. The van der Waals surface area contributed by atoms with Crippen LogP contribution in [0.25, 0.3) is 0 Å². The zero-order valence-corrected chi connectivity index (χ0v) is 8.59. The fraction of sp³-hybridized carbons (Fsp3) is 0.500. The highest BCUT2D eigenvalue weighted by molar-refractivity contribution is 5.41. The van der Waals surface area contributed by atoms with Gasteiger partial charge in [0.15, 0.2) is 0 Å². The first kappa shape index (κ1) is 9.53. The Hall–Kier alpha value is -1.02. The molecule has 0 aromatic heterocycles. The van der Waals surface area contributed by atoms with Crippen molar-refractivity contribution in [2.24, 2.45) is 5.73 Å². The van der Waals surface area contributed by atoms with Gasteiger partial charge in [-0.3, -0.25) is 0 Å². The summed E-state index contributed by atoms with van der Waals surface area (Å²) in [5.41, 5.74) is 7.99. The minimum Gasteiger partial charge on any atom is -0.508 e. The molecule has 0 heterocycles. The van der Waals surface area contributed by atoms with Gasteiger partial charge in [0, 0.05) is 11.1 Å². The summed E-state index contributed by atoms with van der Waals surface area (Å²) in [4.78, 5) is 0. The van der Waals surface area contributed by atoms with Gasteiger partial charge in [-0.05, 0) is 31.4 Å². The third kappa shape index (κ3) is 1.50. The van der Waals surface area contributed by atoms with E-state index in [-0.39, 0.29) is 5.54 Å². The number of hydrogen-bond donors (Lipinski definition) is 2. The number of hydrogen-bond acceptors (Lipinski definition) is 2. The van der Waals surface area contributed by atoms with Crippen LogP contribution < -0.4 is 5.73 Å². The normalized spacial score (nSPS) is 19.9. The predicted octanol–water partition coefficient (Wildman–Crippen LogP) is 2.43. The van der Waals surface area contributed by atoms with Crippen LogP contribution in [-0.4, -0.2) is 5.11 Å². The van der Waals surface area contributed by atoms with Crippen LogP contribution in [0.15, 0.2) is 18.2 Å². The summed E-state index contributed by atoms with van der Waals surface area (Å²) in [5.74, 6) is 0.356. The Bertz CT molecular complexity index is 340. The molecule has 0 bridgehead atoms. The Morgan fingerprint density at radius 2 is 1.93 bits per heavy atom. The highest BCUT2D eigenvalue weighted by Crippen LogP contribution is 2.40. The highest BCUT2D eigenvalue weighted by Gasteiger charge is 2.33. The van der Waals surface area contributed by atoms with Crippen LogP contribution >= 0.6 is 0 Å². The fourth-order valence-electron chi connectivity index (χ4n) is 2.34. The molecule has 0 atom stereocenters. The van der Waals surface area contributed by atoms with E-state index < -0.39 is 0 Å². The van der Waals surface area contributed by atoms with Crippen molar-refractivity contribution in [1.29, 1.82) is 0 Å². The van der Waals surface area contributed by atoms with Crippen molar-refractivity contribution >= 4 is 0 Å². The van der Waals surface area contributed by atoms with E-state index in [0.29, 0.717) is 5.75 Å². The van der Waals surface area contributed by atoms with Crippen LogP contribution in [-0.2, 0) is 5.54 Å². The molecule has 1 saturated carbocycles. The molecule has 0 unspecified atom stereocenters. The molecule has 14 heavy (non-hydrogen) atoms. The van der Waals surface area contributed by atoms with Crippen LogP contribution in [0.5, 0.6) is 5.75 Å². The van der Waals surface area contributed by atoms with Crippen molar-refractivity contribution < 1.29 is 5.11 Å². The topological polar surface area (TPSA) is 46.2 Å². The third-order valence-corrected chi connectivity index (χ3v) is 3.19. The number of rotatable bonds is 1. The Morgan fingerprint density at radius 1 is 1.29 bits per heavy atom. The summed E-state index contributed by atoms with van der Waals surface area (Å²) < 4.78 is 0. The summed E-state index contributed by atoms with van der Waals surface area (Å²) in [5, 5.41) is 9.84. The van der Waals surface area contributed by atoms with Crippen LogP contribution in [0.1, 0.15) is 36.8 Å². The second-order valence-corrected chi connectivity index (χ2v) is 4.38. The highest BCUT2D eigenvalue weighted by atomic mass is 16.3. The van der Waals surface area contributed by atoms with E-state index in [4.69, 9.17) is 5.73 Å². The van der Waals surface area contributed by atoms with E-state index in [1.165, 1.54) is 12.8 Å². The Morgan fingerprint density at radius 3 is 2.50 bits per heavy atom. The van der Waals surface area contributed by atoms with Gasteiger partial charge in [0.2, 0.25) is 0 Å². The largest absolute Gasteiger partial charge is 0.508 e. The number of phenols is 1. The first-order chi connectivity index (χ1) is 6.62. The van der Waals surface area contributed by atoms with Crippen LogP contribution in [0, 0.1) is 6.92 Å². The number of aromatic hydroxyl groups is 1. The van der Waals surface area contributed by atoms with Gasteiger partial charge < -0.3 is 10.8 Å². The van der Waals surface area contributed by atoms with Gasteiger partial charge in [0.1, 0.15) is 5.75 Å². The fourth-order valence-corrected chi connectivity index (χ4v) is 2.34. The second kappa shape index (κ2) is 3.28. The van der Waals surface area contributed by atoms with Gasteiger partial charge in [-0.1, -0.05) is 25.0 Å². The minimum absolute atomic E-state index is 0.280. The van der Waals surface area contributed by atoms with Crippen molar-refractivity contribution in [1.82, 2.24) is 0 Å². The maximum absolute atomic E-state index is 9.84. The zero-order chi connectivity index (χ0) is 10.2. The quantitative estimate of drug-likeness (QED) is 0.716. The average molecular weight is 191 g/mol. The third-order valence-electron chi connectivity index (χ3n) is 3.19. The number of nitrogens with two attached hydrogens (primary N) is 1. The van der Waals surface area contributed by atoms with E-state index in [2.05, 4.69) is 0 Å². The van der Waals surface area contributed by atoms with Gasteiger partial charge in [-0.15, -0.1) is 0 Å². The lowest BCUT2D eigenvalue weighted by molar-refractivity contribution is 0.409. The molecule has 0 saturated heterocycles. The summed E-state index contributed by atoms with van der Waals surface area (Å²) in [6.07, 6.45) is 4.32. The van der Waals surface area contributed by atoms with E-state index in [0.717, 1.165) is 24.0 Å². The molecule has 2 heteroatoms. The van der Waals surface area contributed by atoms with Crippen LogP contribution in [0.4, 0.5) is 0 Å².